The summed E-state index contributed by atoms with van der Waals surface area (Å²) in [6.07, 6.45) is 3.51. The molecular weight excluding hydrogens is 278 g/mol. The molecule has 4 heteroatoms. The molecule has 22 heavy (non-hydrogen) atoms. The topological polar surface area (TPSA) is 66.4 Å². The Kier molecular flexibility index (Phi) is 7.09. The molecule has 0 saturated heterocycles. The van der Waals surface area contributed by atoms with Crippen molar-refractivity contribution in [3.63, 3.8) is 0 Å². The van der Waals surface area contributed by atoms with E-state index in [1.165, 1.54) is 11.1 Å². The van der Waals surface area contributed by atoms with Crippen LogP contribution in [0.2, 0.25) is 0 Å². The number of benzene rings is 1. The molecule has 0 spiro atoms. The summed E-state index contributed by atoms with van der Waals surface area (Å²) in [6, 6.07) is 8.27. The number of carboxylic acid groups (broad SMARTS) is 1. The van der Waals surface area contributed by atoms with Gasteiger partial charge in [0, 0.05) is 12.0 Å². The van der Waals surface area contributed by atoms with Crippen molar-refractivity contribution in [3.05, 3.63) is 35.4 Å². The van der Waals surface area contributed by atoms with Gasteiger partial charge >= 0.3 is 5.97 Å². The summed E-state index contributed by atoms with van der Waals surface area (Å²) in [5.74, 6) is -1.51. The molecule has 0 radical (unpaired) electrons. The standard InChI is InChI=1S/C18H27NO3/c1-4-10-18(11-5-2,13-19-16(20)12-17(21)22)15-9-7-6-8-14(15)3/h6-9H,4-5,10-13H2,1-3H3,(H,19,20)(H,21,22). The predicted molar refractivity (Wildman–Crippen MR) is 87.9 cm³/mol. The number of hydrogen-bond acceptors (Lipinski definition) is 2. The van der Waals surface area contributed by atoms with E-state index < -0.39 is 18.3 Å². The number of nitrogens with one attached hydrogen (secondary N) is 1. The first-order valence-electron chi connectivity index (χ1n) is 7.99. The van der Waals surface area contributed by atoms with E-state index in [0.29, 0.717) is 6.54 Å². The van der Waals surface area contributed by atoms with Crippen LogP contribution in [0.15, 0.2) is 24.3 Å². The Morgan fingerprint density at radius 3 is 2.23 bits per heavy atom. The Morgan fingerprint density at radius 2 is 1.73 bits per heavy atom. The molecule has 1 rings (SSSR count). The van der Waals surface area contributed by atoms with E-state index in [1.807, 2.05) is 12.1 Å². The third kappa shape index (κ3) is 4.86. The number of aliphatic carboxylic acids is 1. The monoisotopic (exact) mass is 305 g/mol. The summed E-state index contributed by atoms with van der Waals surface area (Å²) >= 11 is 0. The molecule has 0 saturated carbocycles. The highest BCUT2D eigenvalue weighted by molar-refractivity contribution is 5.93. The van der Waals surface area contributed by atoms with Crippen molar-refractivity contribution in [3.8, 4) is 0 Å². The smallest absolute Gasteiger partial charge is 0.312 e. The van der Waals surface area contributed by atoms with Crippen molar-refractivity contribution in [2.75, 3.05) is 6.54 Å². The van der Waals surface area contributed by atoms with Gasteiger partial charge in [0.05, 0.1) is 0 Å². The van der Waals surface area contributed by atoms with Gasteiger partial charge in [-0.05, 0) is 30.9 Å². The maximum absolute atomic E-state index is 11.7. The maximum Gasteiger partial charge on any atom is 0.312 e. The minimum absolute atomic E-state index is 0.122. The fourth-order valence-electron chi connectivity index (χ4n) is 3.26. The van der Waals surface area contributed by atoms with Gasteiger partial charge in [-0.1, -0.05) is 51.0 Å². The molecule has 4 nitrogen and oxygen atoms in total. The van der Waals surface area contributed by atoms with E-state index in [-0.39, 0.29) is 5.41 Å². The van der Waals surface area contributed by atoms with E-state index in [1.54, 1.807) is 0 Å². The van der Waals surface area contributed by atoms with Crippen LogP contribution in [0.1, 0.15) is 57.1 Å². The van der Waals surface area contributed by atoms with Gasteiger partial charge in [0.15, 0.2) is 0 Å². The zero-order valence-corrected chi connectivity index (χ0v) is 13.8. The van der Waals surface area contributed by atoms with E-state index in [4.69, 9.17) is 5.11 Å². The lowest BCUT2D eigenvalue weighted by Crippen LogP contribution is -2.41. The van der Waals surface area contributed by atoms with Crippen molar-refractivity contribution >= 4 is 11.9 Å². The average Bonchev–Trinajstić information content (AvgIpc) is 2.45. The lowest BCUT2D eigenvalue weighted by atomic mass is 9.71. The quantitative estimate of drug-likeness (QED) is 0.687. The second kappa shape index (κ2) is 8.57. The molecule has 0 heterocycles. The Morgan fingerprint density at radius 1 is 1.14 bits per heavy atom. The zero-order valence-electron chi connectivity index (χ0n) is 13.8. The molecule has 2 N–H and O–H groups in total. The average molecular weight is 305 g/mol. The number of rotatable bonds is 9. The molecule has 0 fully saturated rings. The van der Waals surface area contributed by atoms with Gasteiger partial charge in [-0.3, -0.25) is 9.59 Å². The van der Waals surface area contributed by atoms with E-state index in [2.05, 4.69) is 38.2 Å². The fourth-order valence-corrected chi connectivity index (χ4v) is 3.26. The van der Waals surface area contributed by atoms with Crippen molar-refractivity contribution in [1.29, 1.82) is 0 Å². The van der Waals surface area contributed by atoms with E-state index >= 15 is 0 Å². The molecule has 1 amide bonds. The lowest BCUT2D eigenvalue weighted by Gasteiger charge is -2.36. The molecule has 0 aliphatic carbocycles. The minimum Gasteiger partial charge on any atom is -0.481 e. The van der Waals surface area contributed by atoms with Crippen molar-refractivity contribution in [2.45, 2.75) is 58.3 Å². The van der Waals surface area contributed by atoms with Crippen molar-refractivity contribution in [2.24, 2.45) is 0 Å². The van der Waals surface area contributed by atoms with Crippen LogP contribution in [-0.2, 0) is 15.0 Å². The number of carbonyl (C=O) groups is 2. The lowest BCUT2D eigenvalue weighted by molar-refractivity contribution is -0.140. The molecule has 1 aromatic carbocycles. The highest BCUT2D eigenvalue weighted by Gasteiger charge is 2.32. The number of hydrogen-bond donors (Lipinski definition) is 2. The van der Waals surface area contributed by atoms with Gasteiger partial charge in [0.2, 0.25) is 5.91 Å². The normalized spacial score (nSPS) is 11.2. The van der Waals surface area contributed by atoms with Crippen molar-refractivity contribution < 1.29 is 14.7 Å². The largest absolute Gasteiger partial charge is 0.481 e. The summed E-state index contributed by atoms with van der Waals surface area (Å²) in [5.41, 5.74) is 2.36. The van der Waals surface area contributed by atoms with Crippen LogP contribution in [-0.4, -0.2) is 23.5 Å². The van der Waals surface area contributed by atoms with Crippen molar-refractivity contribution in [1.82, 2.24) is 5.32 Å². The number of carboxylic acids is 1. The highest BCUT2D eigenvalue weighted by atomic mass is 16.4. The Labute approximate surface area is 132 Å². The van der Waals surface area contributed by atoms with E-state index in [0.717, 1.165) is 25.7 Å². The van der Waals surface area contributed by atoms with Crippen LogP contribution in [0.5, 0.6) is 0 Å². The number of aryl methyl sites for hydroxylation is 1. The predicted octanol–water partition coefficient (Wildman–Crippen LogP) is 3.42. The Balaban J connectivity index is 3.03. The molecular formula is C18H27NO3. The third-order valence-electron chi connectivity index (χ3n) is 4.11. The second-order valence-corrected chi connectivity index (χ2v) is 5.94. The van der Waals surface area contributed by atoms with Crippen LogP contribution in [0.3, 0.4) is 0 Å². The summed E-state index contributed by atoms with van der Waals surface area (Å²) in [4.78, 5) is 22.4. The zero-order chi connectivity index (χ0) is 16.6. The second-order valence-electron chi connectivity index (χ2n) is 5.94. The van der Waals surface area contributed by atoms with Crippen LogP contribution in [0, 0.1) is 6.92 Å². The molecule has 0 aliphatic heterocycles. The molecule has 1 aromatic rings. The van der Waals surface area contributed by atoms with Crippen LogP contribution in [0.4, 0.5) is 0 Å². The van der Waals surface area contributed by atoms with Gasteiger partial charge in [0.1, 0.15) is 6.42 Å². The number of amides is 1. The maximum atomic E-state index is 11.7. The Bertz CT molecular complexity index is 505. The van der Waals surface area contributed by atoms with Gasteiger partial charge in [-0.15, -0.1) is 0 Å². The summed E-state index contributed by atoms with van der Waals surface area (Å²) in [5, 5.41) is 11.6. The summed E-state index contributed by atoms with van der Waals surface area (Å²) in [7, 11) is 0. The first-order valence-corrected chi connectivity index (χ1v) is 7.99. The third-order valence-corrected chi connectivity index (χ3v) is 4.11. The molecule has 0 bridgehead atoms. The molecule has 0 aliphatic rings. The SMILES string of the molecule is CCCC(CCC)(CNC(=O)CC(=O)O)c1ccccc1C. The van der Waals surface area contributed by atoms with Gasteiger partial charge in [-0.25, -0.2) is 0 Å². The van der Waals surface area contributed by atoms with E-state index in [9.17, 15) is 9.59 Å². The first kappa shape index (κ1) is 18.2. The Hall–Kier alpha value is -1.84. The molecule has 0 unspecified atom stereocenters. The van der Waals surface area contributed by atoms with Gasteiger partial charge < -0.3 is 10.4 Å². The summed E-state index contributed by atoms with van der Waals surface area (Å²) < 4.78 is 0. The van der Waals surface area contributed by atoms with Gasteiger partial charge in [0.25, 0.3) is 0 Å². The highest BCUT2D eigenvalue weighted by Crippen LogP contribution is 2.35. The minimum atomic E-state index is -1.09. The molecule has 0 aromatic heterocycles. The molecule has 0 atom stereocenters. The fraction of sp³-hybridized carbons (Fsp3) is 0.556. The van der Waals surface area contributed by atoms with Gasteiger partial charge in [-0.2, -0.15) is 0 Å². The molecule has 122 valence electrons. The van der Waals surface area contributed by atoms with Crippen LogP contribution >= 0.6 is 0 Å². The van der Waals surface area contributed by atoms with Crippen LogP contribution < -0.4 is 5.32 Å². The first-order chi connectivity index (χ1) is 10.4. The summed E-state index contributed by atoms with van der Waals surface area (Å²) in [6.45, 7) is 6.86. The van der Waals surface area contributed by atoms with Crippen LogP contribution in [0.25, 0.3) is 0 Å². The number of carbonyl (C=O) groups excluding carboxylic acids is 1.